The number of benzene rings is 2. The van der Waals surface area contributed by atoms with Crippen LogP contribution in [0.1, 0.15) is 24.2 Å². The van der Waals surface area contributed by atoms with Gasteiger partial charge in [0.05, 0.1) is 15.4 Å². The number of amides is 1. The van der Waals surface area contributed by atoms with Gasteiger partial charge in [0.1, 0.15) is 11.1 Å². The van der Waals surface area contributed by atoms with E-state index in [1.807, 2.05) is 0 Å². The van der Waals surface area contributed by atoms with Crippen molar-refractivity contribution in [2.75, 3.05) is 13.1 Å². The number of hydrogen-bond donors (Lipinski definition) is 0. The predicted octanol–water partition coefficient (Wildman–Crippen LogP) is 2.32. The zero-order valence-electron chi connectivity index (χ0n) is 16.0. The summed E-state index contributed by atoms with van der Waals surface area (Å²) < 4.78 is 65.5. The summed E-state index contributed by atoms with van der Waals surface area (Å²) in [6.45, 7) is 2.51. The van der Waals surface area contributed by atoms with Gasteiger partial charge in [-0.15, -0.1) is 0 Å². The minimum Gasteiger partial charge on any atom is -0.336 e. The Hall–Kier alpha value is -2.26. The first-order chi connectivity index (χ1) is 13.5. The topological polar surface area (TPSA) is 88.6 Å². The van der Waals surface area contributed by atoms with Crippen LogP contribution in [0.15, 0.2) is 59.5 Å². The molecule has 0 N–H and O–H groups in total. The Morgan fingerprint density at radius 3 is 2.03 bits per heavy atom. The lowest BCUT2D eigenvalue weighted by Crippen LogP contribution is -2.41. The molecule has 0 aliphatic carbocycles. The van der Waals surface area contributed by atoms with Crippen LogP contribution < -0.4 is 0 Å². The quantitative estimate of drug-likeness (QED) is 0.667. The van der Waals surface area contributed by atoms with Gasteiger partial charge in [-0.2, -0.15) is 0 Å². The molecule has 1 heterocycles. The Bertz CT molecular complexity index is 1100. The van der Waals surface area contributed by atoms with Gasteiger partial charge >= 0.3 is 0 Å². The van der Waals surface area contributed by atoms with E-state index in [0.717, 1.165) is 24.3 Å². The second-order valence-electron chi connectivity index (χ2n) is 7.29. The van der Waals surface area contributed by atoms with Crippen LogP contribution in [-0.2, 0) is 19.7 Å². The number of hydrogen-bond acceptors (Lipinski definition) is 5. The fraction of sp³-hybridized carbons (Fsp3) is 0.350. The van der Waals surface area contributed by atoms with Crippen molar-refractivity contribution >= 4 is 25.6 Å². The number of nitrogens with zero attached hydrogens (tertiary/aromatic N) is 1. The number of carbonyl (C=O) groups is 1. The largest absolute Gasteiger partial charge is 0.336 e. The molecule has 1 amide bonds. The molecular weight excluding hydrogens is 417 g/mol. The minimum atomic E-state index is -4.11. The van der Waals surface area contributed by atoms with Gasteiger partial charge in [0.25, 0.3) is 5.91 Å². The van der Waals surface area contributed by atoms with Crippen molar-refractivity contribution < 1.29 is 26.0 Å². The lowest BCUT2D eigenvalue weighted by molar-refractivity contribution is 0.0793. The highest BCUT2D eigenvalue weighted by atomic mass is 32.2. The molecule has 3 rings (SSSR count). The van der Waals surface area contributed by atoms with Crippen LogP contribution in [0.2, 0.25) is 0 Å². The first-order valence-corrected chi connectivity index (χ1v) is 12.3. The van der Waals surface area contributed by atoms with Crippen molar-refractivity contribution in [2.45, 2.75) is 34.5 Å². The van der Waals surface area contributed by atoms with E-state index in [9.17, 15) is 26.0 Å². The molecule has 9 heteroatoms. The van der Waals surface area contributed by atoms with Crippen LogP contribution in [0.5, 0.6) is 0 Å². The number of likely N-dealkylation sites (tertiary alicyclic amines) is 1. The van der Waals surface area contributed by atoms with Crippen molar-refractivity contribution in [2.24, 2.45) is 0 Å². The molecule has 1 fully saturated rings. The first kappa shape index (κ1) is 21.4. The molecule has 156 valence electrons. The zero-order valence-corrected chi connectivity index (χ0v) is 17.7. The summed E-state index contributed by atoms with van der Waals surface area (Å²) >= 11 is 0. The van der Waals surface area contributed by atoms with E-state index < -0.39 is 47.1 Å². The molecule has 2 atom stereocenters. The molecule has 2 aromatic carbocycles. The number of sulfone groups is 2. The third-order valence-corrected chi connectivity index (χ3v) is 10.2. The Kier molecular flexibility index (Phi) is 5.82. The molecule has 1 aliphatic rings. The van der Waals surface area contributed by atoms with Gasteiger partial charge in [-0.05, 0) is 50.2 Å². The van der Waals surface area contributed by atoms with Gasteiger partial charge in [-0.1, -0.05) is 18.2 Å². The van der Waals surface area contributed by atoms with Gasteiger partial charge in [0.15, 0.2) is 19.7 Å². The van der Waals surface area contributed by atoms with Gasteiger partial charge in [-0.3, -0.25) is 4.79 Å². The maximum atomic E-state index is 13.2. The summed E-state index contributed by atoms with van der Waals surface area (Å²) in [4.78, 5) is 13.9. The maximum absolute atomic E-state index is 13.2. The van der Waals surface area contributed by atoms with E-state index in [0.29, 0.717) is 5.56 Å². The third kappa shape index (κ3) is 4.06. The smallest absolute Gasteiger partial charge is 0.253 e. The van der Waals surface area contributed by atoms with Gasteiger partial charge in [0.2, 0.25) is 0 Å². The fourth-order valence-electron chi connectivity index (χ4n) is 3.44. The predicted molar refractivity (Wildman–Crippen MR) is 108 cm³/mol. The summed E-state index contributed by atoms with van der Waals surface area (Å²) in [5, 5.41) is -3.39. The average molecular weight is 440 g/mol. The highest BCUT2D eigenvalue weighted by molar-refractivity contribution is 7.96. The number of carbonyl (C=O) groups excluding carboxylic acids is 1. The van der Waals surface area contributed by atoms with Gasteiger partial charge in [0, 0.05) is 18.7 Å². The summed E-state index contributed by atoms with van der Waals surface area (Å²) in [7, 11) is -7.93. The van der Waals surface area contributed by atoms with E-state index in [1.165, 1.54) is 18.7 Å². The van der Waals surface area contributed by atoms with E-state index in [4.69, 9.17) is 0 Å². The van der Waals surface area contributed by atoms with Crippen LogP contribution in [0, 0.1) is 5.82 Å². The normalized spacial score (nSPS) is 20.2. The molecule has 29 heavy (non-hydrogen) atoms. The Labute approximate surface area is 170 Å². The van der Waals surface area contributed by atoms with E-state index >= 15 is 0 Å². The SMILES string of the molecule is CC(C)S(=O)(=O)[C@H]1CN(C(=O)c2ccccc2)C[C@@H]1S(=O)(=O)c1ccc(F)cc1. The molecule has 0 aromatic heterocycles. The molecule has 0 saturated carbocycles. The first-order valence-electron chi connectivity index (χ1n) is 9.11. The number of halogens is 1. The molecule has 0 radical (unpaired) electrons. The molecule has 1 aliphatic heterocycles. The summed E-state index contributed by atoms with van der Waals surface area (Å²) in [6.07, 6.45) is 0. The monoisotopic (exact) mass is 439 g/mol. The second-order valence-corrected chi connectivity index (χ2v) is 12.2. The van der Waals surface area contributed by atoms with E-state index in [2.05, 4.69) is 0 Å². The summed E-state index contributed by atoms with van der Waals surface area (Å²) in [6, 6.07) is 12.6. The lowest BCUT2D eigenvalue weighted by Gasteiger charge is -2.21. The van der Waals surface area contributed by atoms with E-state index in [-0.39, 0.29) is 18.0 Å². The molecule has 1 saturated heterocycles. The van der Waals surface area contributed by atoms with Crippen molar-refractivity contribution in [1.82, 2.24) is 4.90 Å². The summed E-state index contributed by atoms with van der Waals surface area (Å²) in [5.74, 6) is -1.02. The zero-order chi connectivity index (χ0) is 21.4. The van der Waals surface area contributed by atoms with Crippen LogP contribution in [0.3, 0.4) is 0 Å². The number of rotatable bonds is 5. The highest BCUT2D eigenvalue weighted by Crippen LogP contribution is 2.31. The van der Waals surface area contributed by atoms with Crippen LogP contribution in [0.4, 0.5) is 4.39 Å². The minimum absolute atomic E-state index is 0.165. The maximum Gasteiger partial charge on any atom is 0.253 e. The van der Waals surface area contributed by atoms with Crippen molar-refractivity contribution in [3.05, 3.63) is 66.0 Å². The highest BCUT2D eigenvalue weighted by Gasteiger charge is 2.50. The molecule has 6 nitrogen and oxygen atoms in total. The van der Waals surface area contributed by atoms with Gasteiger partial charge < -0.3 is 4.90 Å². The molecular formula is C20H22FNO5S2. The van der Waals surface area contributed by atoms with Crippen LogP contribution in [0.25, 0.3) is 0 Å². The Balaban J connectivity index is 2.02. The third-order valence-electron chi connectivity index (χ3n) is 5.14. The average Bonchev–Trinajstić information content (AvgIpc) is 3.15. The molecule has 2 aromatic rings. The Morgan fingerprint density at radius 1 is 0.931 bits per heavy atom. The van der Waals surface area contributed by atoms with Crippen LogP contribution in [-0.4, -0.2) is 56.5 Å². The van der Waals surface area contributed by atoms with Crippen molar-refractivity contribution in [3.8, 4) is 0 Å². The van der Waals surface area contributed by atoms with E-state index in [1.54, 1.807) is 30.3 Å². The molecule has 0 unspecified atom stereocenters. The standard InChI is InChI=1S/C20H22FNO5S2/c1-14(2)28(24,25)18-12-22(20(23)15-6-4-3-5-7-15)13-19(18)29(26,27)17-10-8-16(21)9-11-17/h3-11,14,18-19H,12-13H2,1-2H3/t18-,19-/m0/s1. The Morgan fingerprint density at radius 2 is 1.48 bits per heavy atom. The summed E-state index contributed by atoms with van der Waals surface area (Å²) in [5.41, 5.74) is 0.355. The van der Waals surface area contributed by atoms with Gasteiger partial charge in [-0.25, -0.2) is 21.2 Å². The fourth-order valence-corrected chi connectivity index (χ4v) is 7.66. The van der Waals surface area contributed by atoms with Crippen molar-refractivity contribution in [1.29, 1.82) is 0 Å². The van der Waals surface area contributed by atoms with Crippen molar-refractivity contribution in [3.63, 3.8) is 0 Å². The molecule has 0 bridgehead atoms. The lowest BCUT2D eigenvalue weighted by atomic mass is 10.2. The molecule has 0 spiro atoms. The van der Waals surface area contributed by atoms with Crippen LogP contribution >= 0.6 is 0 Å². The second kappa shape index (κ2) is 7.87.